The molecule has 1 aromatic rings. The van der Waals surface area contributed by atoms with Crippen LogP contribution in [0, 0.1) is 5.92 Å². The number of halogens is 1. The van der Waals surface area contributed by atoms with Crippen LogP contribution >= 0.6 is 11.6 Å². The molecule has 0 radical (unpaired) electrons. The minimum Gasteiger partial charge on any atom is -0.314 e. The Bertz CT molecular complexity index is 439. The van der Waals surface area contributed by atoms with E-state index in [1.54, 1.807) is 0 Å². The summed E-state index contributed by atoms with van der Waals surface area (Å²) in [6, 6.07) is 10.1. The van der Waals surface area contributed by atoms with Crippen LogP contribution in [0.3, 0.4) is 0 Å². The molecule has 1 saturated heterocycles. The Hall–Kier alpha value is -0.570. The van der Waals surface area contributed by atoms with Crippen LogP contribution in [0.5, 0.6) is 0 Å². The molecule has 2 fully saturated rings. The van der Waals surface area contributed by atoms with Crippen LogP contribution in [0.2, 0.25) is 5.02 Å². The summed E-state index contributed by atoms with van der Waals surface area (Å²) < 4.78 is 0. The fourth-order valence-corrected chi connectivity index (χ4v) is 4.22. The molecule has 0 aromatic heterocycles. The smallest absolute Gasteiger partial charge is 0.0406 e. The molecule has 3 heteroatoms. The number of hydrogen-bond acceptors (Lipinski definition) is 2. The van der Waals surface area contributed by atoms with E-state index in [0.717, 1.165) is 17.0 Å². The van der Waals surface area contributed by atoms with E-state index in [4.69, 9.17) is 11.6 Å². The van der Waals surface area contributed by atoms with E-state index in [0.29, 0.717) is 12.1 Å². The fraction of sp³-hybridized carbons (Fsp3) is 0.667. The van der Waals surface area contributed by atoms with Gasteiger partial charge in [0.1, 0.15) is 0 Å². The zero-order chi connectivity index (χ0) is 14.7. The van der Waals surface area contributed by atoms with Crippen LogP contribution in [0.25, 0.3) is 0 Å². The molecule has 0 spiro atoms. The SMILES string of the molecule is C[C@H](NC1CCCCC1C1CCCN1)c1ccc(Cl)cc1. The Morgan fingerprint density at radius 3 is 2.57 bits per heavy atom. The second-order valence-corrected chi connectivity index (χ2v) is 7.13. The Labute approximate surface area is 133 Å². The first-order valence-corrected chi connectivity index (χ1v) is 8.87. The normalized spacial score (nSPS) is 31.2. The minimum atomic E-state index is 0.397. The third-order valence-corrected chi connectivity index (χ3v) is 5.52. The number of benzene rings is 1. The van der Waals surface area contributed by atoms with Gasteiger partial charge in [0.15, 0.2) is 0 Å². The van der Waals surface area contributed by atoms with Crippen LogP contribution < -0.4 is 10.6 Å². The van der Waals surface area contributed by atoms with Crippen molar-refractivity contribution in [3.63, 3.8) is 0 Å². The molecule has 116 valence electrons. The predicted octanol–water partition coefficient (Wildman–Crippen LogP) is 4.30. The van der Waals surface area contributed by atoms with Gasteiger partial charge in [-0.2, -0.15) is 0 Å². The second-order valence-electron chi connectivity index (χ2n) is 6.70. The van der Waals surface area contributed by atoms with Crippen molar-refractivity contribution in [3.8, 4) is 0 Å². The Morgan fingerprint density at radius 1 is 1.10 bits per heavy atom. The molecule has 1 aliphatic heterocycles. The van der Waals surface area contributed by atoms with Crippen LogP contribution in [-0.2, 0) is 0 Å². The Kier molecular flexibility index (Phi) is 5.20. The van der Waals surface area contributed by atoms with Crippen molar-refractivity contribution >= 4 is 11.6 Å². The predicted molar refractivity (Wildman–Crippen MR) is 89.8 cm³/mol. The lowest BCUT2D eigenvalue weighted by molar-refractivity contribution is 0.203. The lowest BCUT2D eigenvalue weighted by atomic mass is 9.79. The van der Waals surface area contributed by atoms with Gasteiger partial charge in [0.2, 0.25) is 0 Å². The van der Waals surface area contributed by atoms with Crippen molar-refractivity contribution in [2.45, 2.75) is 63.6 Å². The summed E-state index contributed by atoms with van der Waals surface area (Å²) in [4.78, 5) is 0. The third kappa shape index (κ3) is 3.80. The molecule has 3 unspecified atom stereocenters. The largest absolute Gasteiger partial charge is 0.314 e. The molecule has 2 N–H and O–H groups in total. The molecule has 0 bridgehead atoms. The Morgan fingerprint density at radius 2 is 1.86 bits per heavy atom. The molecule has 1 heterocycles. The van der Waals surface area contributed by atoms with Crippen LogP contribution in [0.15, 0.2) is 24.3 Å². The first-order chi connectivity index (χ1) is 10.2. The van der Waals surface area contributed by atoms with Gasteiger partial charge in [0, 0.05) is 23.1 Å². The van der Waals surface area contributed by atoms with Crippen molar-refractivity contribution in [1.29, 1.82) is 0 Å². The van der Waals surface area contributed by atoms with Gasteiger partial charge < -0.3 is 10.6 Å². The average molecular weight is 307 g/mol. The quantitative estimate of drug-likeness (QED) is 0.866. The first kappa shape index (κ1) is 15.3. The maximum Gasteiger partial charge on any atom is 0.0406 e. The molecule has 2 nitrogen and oxygen atoms in total. The topological polar surface area (TPSA) is 24.1 Å². The van der Waals surface area contributed by atoms with E-state index in [1.807, 2.05) is 12.1 Å². The zero-order valence-electron chi connectivity index (χ0n) is 12.9. The van der Waals surface area contributed by atoms with E-state index < -0.39 is 0 Å². The molecule has 1 aromatic carbocycles. The van der Waals surface area contributed by atoms with Crippen LogP contribution in [0.4, 0.5) is 0 Å². The summed E-state index contributed by atoms with van der Waals surface area (Å²) in [5.74, 6) is 0.802. The molecule has 2 aliphatic rings. The number of nitrogens with one attached hydrogen (secondary N) is 2. The molecule has 3 rings (SSSR count). The maximum absolute atomic E-state index is 5.99. The standard InChI is InChI=1S/C18H27ClN2/c1-13(14-8-10-15(19)11-9-14)21-18-6-3-2-5-16(18)17-7-4-12-20-17/h8-11,13,16-18,20-21H,2-7,12H2,1H3/t13-,16?,17?,18?/m0/s1. The van der Waals surface area contributed by atoms with E-state index in [-0.39, 0.29) is 0 Å². The lowest BCUT2D eigenvalue weighted by Gasteiger charge is -2.38. The average Bonchev–Trinajstić information content (AvgIpc) is 3.02. The molecule has 4 atom stereocenters. The number of hydrogen-bond donors (Lipinski definition) is 2. The summed E-state index contributed by atoms with van der Waals surface area (Å²) in [7, 11) is 0. The minimum absolute atomic E-state index is 0.397. The van der Waals surface area contributed by atoms with Crippen molar-refractivity contribution < 1.29 is 0 Å². The Balaban J connectivity index is 1.64. The molecule has 21 heavy (non-hydrogen) atoms. The summed E-state index contributed by atoms with van der Waals surface area (Å²) in [6.45, 7) is 3.48. The van der Waals surface area contributed by atoms with Gasteiger partial charge >= 0.3 is 0 Å². The molecule has 1 aliphatic carbocycles. The first-order valence-electron chi connectivity index (χ1n) is 8.49. The highest BCUT2D eigenvalue weighted by atomic mass is 35.5. The van der Waals surface area contributed by atoms with E-state index in [1.165, 1.54) is 50.6 Å². The highest BCUT2D eigenvalue weighted by Gasteiger charge is 2.33. The van der Waals surface area contributed by atoms with E-state index in [2.05, 4.69) is 29.7 Å². The lowest BCUT2D eigenvalue weighted by Crippen LogP contribution is -2.47. The molecular formula is C18H27ClN2. The molecule has 0 amide bonds. The fourth-order valence-electron chi connectivity index (χ4n) is 4.09. The molecular weight excluding hydrogens is 280 g/mol. The van der Waals surface area contributed by atoms with Gasteiger partial charge in [-0.05, 0) is 62.8 Å². The highest BCUT2D eigenvalue weighted by molar-refractivity contribution is 6.30. The van der Waals surface area contributed by atoms with Gasteiger partial charge in [0.05, 0.1) is 0 Å². The zero-order valence-corrected chi connectivity index (χ0v) is 13.7. The van der Waals surface area contributed by atoms with Gasteiger partial charge in [-0.25, -0.2) is 0 Å². The number of rotatable bonds is 4. The van der Waals surface area contributed by atoms with Gasteiger partial charge in [-0.1, -0.05) is 36.6 Å². The van der Waals surface area contributed by atoms with Crippen molar-refractivity contribution in [1.82, 2.24) is 10.6 Å². The van der Waals surface area contributed by atoms with Crippen LogP contribution in [0.1, 0.15) is 57.1 Å². The third-order valence-electron chi connectivity index (χ3n) is 5.27. The van der Waals surface area contributed by atoms with E-state index in [9.17, 15) is 0 Å². The monoisotopic (exact) mass is 306 g/mol. The van der Waals surface area contributed by atoms with Crippen molar-refractivity contribution in [2.75, 3.05) is 6.54 Å². The summed E-state index contributed by atoms with van der Waals surface area (Å²) in [6.07, 6.45) is 8.17. The summed E-state index contributed by atoms with van der Waals surface area (Å²) in [5, 5.41) is 8.43. The van der Waals surface area contributed by atoms with Gasteiger partial charge in [-0.3, -0.25) is 0 Å². The van der Waals surface area contributed by atoms with Gasteiger partial charge in [-0.15, -0.1) is 0 Å². The second kappa shape index (κ2) is 7.13. The highest BCUT2D eigenvalue weighted by Crippen LogP contribution is 2.32. The molecule has 1 saturated carbocycles. The summed E-state index contributed by atoms with van der Waals surface area (Å²) in [5.41, 5.74) is 1.34. The summed E-state index contributed by atoms with van der Waals surface area (Å²) >= 11 is 5.99. The maximum atomic E-state index is 5.99. The van der Waals surface area contributed by atoms with Crippen molar-refractivity contribution in [3.05, 3.63) is 34.9 Å². The van der Waals surface area contributed by atoms with Crippen LogP contribution in [-0.4, -0.2) is 18.6 Å². The van der Waals surface area contributed by atoms with E-state index >= 15 is 0 Å². The van der Waals surface area contributed by atoms with Crippen molar-refractivity contribution in [2.24, 2.45) is 5.92 Å². The van der Waals surface area contributed by atoms with Gasteiger partial charge in [0.25, 0.3) is 0 Å².